The zero-order valence-electron chi connectivity index (χ0n) is 11.1. The van der Waals surface area contributed by atoms with Crippen LogP contribution in [-0.2, 0) is 5.54 Å². The van der Waals surface area contributed by atoms with Gasteiger partial charge in [0.1, 0.15) is 0 Å². The molecule has 2 aromatic rings. The topological polar surface area (TPSA) is 12.0 Å². The molecule has 0 aromatic heterocycles. The Morgan fingerprint density at radius 3 is 2.25 bits per heavy atom. The van der Waals surface area contributed by atoms with Crippen LogP contribution in [0.25, 0.3) is 11.1 Å². The third kappa shape index (κ3) is 2.56. The lowest BCUT2D eigenvalue weighted by atomic mass is 9.98. The first-order valence-corrected chi connectivity index (χ1v) is 6.39. The predicted octanol–water partition coefficient (Wildman–Crippen LogP) is 4.26. The lowest BCUT2D eigenvalue weighted by molar-refractivity contribution is 0.509. The first-order valence-electron chi connectivity index (χ1n) is 6.39. The van der Waals surface area contributed by atoms with Gasteiger partial charge in [-0.15, -0.1) is 12.4 Å². The lowest BCUT2D eigenvalue weighted by Gasteiger charge is -2.15. The van der Waals surface area contributed by atoms with Gasteiger partial charge >= 0.3 is 0 Å². The van der Waals surface area contributed by atoms with E-state index in [1.165, 1.54) is 17.7 Å². The van der Waals surface area contributed by atoms with Gasteiger partial charge in [-0.05, 0) is 54.8 Å². The summed E-state index contributed by atoms with van der Waals surface area (Å²) in [6.45, 7) is 0. The Bertz CT molecular complexity index is 624. The van der Waals surface area contributed by atoms with Crippen LogP contribution in [-0.4, -0.2) is 7.05 Å². The molecule has 2 aromatic carbocycles. The Morgan fingerprint density at radius 1 is 0.950 bits per heavy atom. The largest absolute Gasteiger partial charge is 0.310 e. The Hall–Kier alpha value is -1.45. The van der Waals surface area contributed by atoms with Gasteiger partial charge in [-0.3, -0.25) is 0 Å². The van der Waals surface area contributed by atoms with E-state index >= 15 is 0 Å². The normalized spacial score (nSPS) is 15.6. The van der Waals surface area contributed by atoms with Gasteiger partial charge < -0.3 is 5.32 Å². The fourth-order valence-electron chi connectivity index (χ4n) is 2.48. The molecule has 4 heteroatoms. The molecule has 106 valence electrons. The van der Waals surface area contributed by atoms with E-state index in [2.05, 4.69) is 17.4 Å². The van der Waals surface area contributed by atoms with E-state index in [1.54, 1.807) is 6.07 Å². The SMILES string of the molecule is CNC1(c2cccc(-c3ccc(F)c(F)c3)c2)CC1.Cl. The maximum absolute atomic E-state index is 13.3. The third-order valence-electron chi connectivity index (χ3n) is 3.90. The van der Waals surface area contributed by atoms with Gasteiger partial charge in [-0.25, -0.2) is 8.78 Å². The second-order valence-electron chi connectivity index (χ2n) is 5.04. The van der Waals surface area contributed by atoms with E-state index in [0.29, 0.717) is 5.56 Å². The van der Waals surface area contributed by atoms with Crippen LogP contribution in [0.1, 0.15) is 18.4 Å². The summed E-state index contributed by atoms with van der Waals surface area (Å²) in [7, 11) is 1.96. The zero-order valence-corrected chi connectivity index (χ0v) is 11.9. The van der Waals surface area contributed by atoms with Crippen molar-refractivity contribution in [2.75, 3.05) is 7.05 Å². The number of hydrogen-bond acceptors (Lipinski definition) is 1. The van der Waals surface area contributed by atoms with Crippen LogP contribution in [0.5, 0.6) is 0 Å². The highest BCUT2D eigenvalue weighted by Gasteiger charge is 2.42. The molecule has 0 amide bonds. The van der Waals surface area contributed by atoms with Gasteiger partial charge in [-0.2, -0.15) is 0 Å². The molecule has 0 radical (unpaired) electrons. The maximum Gasteiger partial charge on any atom is 0.159 e. The van der Waals surface area contributed by atoms with Crippen molar-refractivity contribution in [3.63, 3.8) is 0 Å². The molecule has 0 bridgehead atoms. The lowest BCUT2D eigenvalue weighted by Crippen LogP contribution is -2.24. The summed E-state index contributed by atoms with van der Waals surface area (Å²) in [6, 6.07) is 12.0. The molecule has 1 aliphatic rings. The molecular formula is C16H16ClF2N. The highest BCUT2D eigenvalue weighted by atomic mass is 35.5. The molecule has 0 aliphatic heterocycles. The number of rotatable bonds is 3. The summed E-state index contributed by atoms with van der Waals surface area (Å²) in [5, 5.41) is 3.33. The van der Waals surface area contributed by atoms with Crippen molar-refractivity contribution >= 4 is 12.4 Å². The van der Waals surface area contributed by atoms with E-state index < -0.39 is 11.6 Å². The quantitative estimate of drug-likeness (QED) is 0.892. The van der Waals surface area contributed by atoms with Crippen molar-refractivity contribution in [2.45, 2.75) is 18.4 Å². The highest BCUT2D eigenvalue weighted by Crippen LogP contribution is 2.45. The third-order valence-corrected chi connectivity index (χ3v) is 3.90. The van der Waals surface area contributed by atoms with Gasteiger partial charge in [0.05, 0.1) is 0 Å². The summed E-state index contributed by atoms with van der Waals surface area (Å²) in [6.07, 6.45) is 2.23. The van der Waals surface area contributed by atoms with Crippen molar-refractivity contribution < 1.29 is 8.78 Å². The van der Waals surface area contributed by atoms with Crippen molar-refractivity contribution in [2.24, 2.45) is 0 Å². The Labute approximate surface area is 123 Å². The maximum atomic E-state index is 13.3. The molecule has 0 atom stereocenters. The van der Waals surface area contributed by atoms with Crippen LogP contribution in [0.15, 0.2) is 42.5 Å². The molecular weight excluding hydrogens is 280 g/mol. The van der Waals surface area contributed by atoms with Gasteiger partial charge in [0.15, 0.2) is 11.6 Å². The summed E-state index contributed by atoms with van der Waals surface area (Å²) < 4.78 is 26.3. The van der Waals surface area contributed by atoms with Crippen molar-refractivity contribution in [3.8, 4) is 11.1 Å². The predicted molar refractivity (Wildman–Crippen MR) is 79.0 cm³/mol. The number of halogens is 3. The fourth-order valence-corrected chi connectivity index (χ4v) is 2.48. The second-order valence-corrected chi connectivity index (χ2v) is 5.04. The average molecular weight is 296 g/mol. The van der Waals surface area contributed by atoms with Crippen LogP contribution in [0.4, 0.5) is 8.78 Å². The van der Waals surface area contributed by atoms with Gasteiger partial charge in [0.2, 0.25) is 0 Å². The van der Waals surface area contributed by atoms with Crippen LogP contribution in [0.2, 0.25) is 0 Å². The molecule has 20 heavy (non-hydrogen) atoms. The minimum absolute atomic E-state index is 0. The number of hydrogen-bond donors (Lipinski definition) is 1. The molecule has 3 rings (SSSR count). The molecule has 1 aliphatic carbocycles. The van der Waals surface area contributed by atoms with E-state index in [1.807, 2.05) is 19.2 Å². The molecule has 1 saturated carbocycles. The number of benzene rings is 2. The van der Waals surface area contributed by atoms with Gasteiger partial charge in [-0.1, -0.05) is 24.3 Å². The summed E-state index contributed by atoms with van der Waals surface area (Å²) in [5.74, 6) is -1.62. The molecule has 1 N–H and O–H groups in total. The summed E-state index contributed by atoms with van der Waals surface area (Å²) >= 11 is 0. The van der Waals surface area contributed by atoms with E-state index in [4.69, 9.17) is 0 Å². The molecule has 1 fully saturated rings. The molecule has 0 spiro atoms. The molecule has 1 nitrogen and oxygen atoms in total. The van der Waals surface area contributed by atoms with Crippen molar-refractivity contribution in [1.29, 1.82) is 0 Å². The fraction of sp³-hybridized carbons (Fsp3) is 0.250. The molecule has 0 saturated heterocycles. The minimum atomic E-state index is -0.811. The summed E-state index contributed by atoms with van der Waals surface area (Å²) in [4.78, 5) is 0. The Kier molecular flexibility index (Phi) is 4.11. The van der Waals surface area contributed by atoms with E-state index in [0.717, 1.165) is 18.4 Å². The minimum Gasteiger partial charge on any atom is -0.310 e. The van der Waals surface area contributed by atoms with Crippen LogP contribution < -0.4 is 5.32 Å². The van der Waals surface area contributed by atoms with Crippen molar-refractivity contribution in [3.05, 3.63) is 59.7 Å². The molecule has 0 heterocycles. The Morgan fingerprint density at radius 2 is 1.65 bits per heavy atom. The average Bonchev–Trinajstić information content (AvgIpc) is 3.23. The first kappa shape index (κ1) is 14.9. The van der Waals surface area contributed by atoms with Gasteiger partial charge in [0, 0.05) is 5.54 Å². The van der Waals surface area contributed by atoms with Crippen LogP contribution in [0, 0.1) is 11.6 Å². The van der Waals surface area contributed by atoms with Gasteiger partial charge in [0.25, 0.3) is 0 Å². The highest BCUT2D eigenvalue weighted by molar-refractivity contribution is 5.85. The number of nitrogens with one attached hydrogen (secondary N) is 1. The van der Waals surface area contributed by atoms with Crippen LogP contribution in [0.3, 0.4) is 0 Å². The second kappa shape index (κ2) is 5.51. The molecule has 0 unspecified atom stereocenters. The Balaban J connectivity index is 0.00000147. The first-order chi connectivity index (χ1) is 9.14. The smallest absolute Gasteiger partial charge is 0.159 e. The standard InChI is InChI=1S/C16H15F2N.ClH/c1-19-16(7-8-16)13-4-2-3-11(9-13)12-5-6-14(17)15(18)10-12;/h2-6,9-10,19H,7-8H2,1H3;1H. The van der Waals surface area contributed by atoms with Crippen molar-refractivity contribution in [1.82, 2.24) is 5.32 Å². The van der Waals surface area contributed by atoms with E-state index in [-0.39, 0.29) is 17.9 Å². The zero-order chi connectivity index (χ0) is 13.5. The summed E-state index contributed by atoms with van der Waals surface area (Å²) in [5.41, 5.74) is 2.90. The van der Waals surface area contributed by atoms with Crippen LogP contribution >= 0.6 is 12.4 Å². The van der Waals surface area contributed by atoms with E-state index in [9.17, 15) is 8.78 Å². The monoisotopic (exact) mass is 295 g/mol.